The van der Waals surface area contributed by atoms with Crippen LogP contribution in [0.15, 0.2) is 0 Å². The molecule has 1 rings (SSSR count). The van der Waals surface area contributed by atoms with Crippen molar-refractivity contribution in [3.8, 4) is 0 Å². The predicted octanol–water partition coefficient (Wildman–Crippen LogP) is -2.51. The summed E-state index contributed by atoms with van der Waals surface area (Å²) in [7, 11) is 0. The van der Waals surface area contributed by atoms with E-state index in [1.807, 2.05) is 0 Å². The van der Waals surface area contributed by atoms with Gasteiger partial charge in [-0.05, 0) is 0 Å². The maximum absolute atomic E-state index is 9.99. The summed E-state index contributed by atoms with van der Waals surface area (Å²) in [5.74, 6) is -0.102. The smallest absolute Gasteiger partial charge is 0.637 e. The molecule has 0 atom stereocenters. The van der Waals surface area contributed by atoms with Crippen molar-refractivity contribution in [1.82, 2.24) is 0 Å². The van der Waals surface area contributed by atoms with Gasteiger partial charge in [0.2, 0.25) is 0 Å². The van der Waals surface area contributed by atoms with Crippen molar-refractivity contribution in [2.75, 3.05) is 0 Å². The van der Waals surface area contributed by atoms with E-state index in [2.05, 4.69) is 4.74 Å². The van der Waals surface area contributed by atoms with E-state index in [1.54, 1.807) is 0 Å². The van der Waals surface area contributed by atoms with Gasteiger partial charge in [0.25, 0.3) is 5.97 Å². The molecule has 1 aliphatic rings. The van der Waals surface area contributed by atoms with E-state index >= 15 is 0 Å². The van der Waals surface area contributed by atoms with Crippen LogP contribution in [-0.2, 0) is 9.53 Å². The Morgan fingerprint density at radius 1 is 1.71 bits per heavy atom. The van der Waals surface area contributed by atoms with Gasteiger partial charge in [-0.3, -0.25) is 4.79 Å². The fourth-order valence-electron chi connectivity index (χ4n) is 0.388. The van der Waals surface area contributed by atoms with Crippen molar-refractivity contribution in [2.24, 2.45) is 0 Å². The maximum Gasteiger partial charge on any atom is 1.00 e. The van der Waals surface area contributed by atoms with Crippen LogP contribution in [0.25, 0.3) is 0 Å². The average Bonchev–Trinajstić information content (AvgIpc) is 1.86. The van der Waals surface area contributed by atoms with Crippen molar-refractivity contribution in [2.45, 2.75) is 12.8 Å². The van der Waals surface area contributed by atoms with Gasteiger partial charge >= 0.3 is 51.4 Å². The van der Waals surface area contributed by atoms with Crippen molar-refractivity contribution in [1.29, 1.82) is 0 Å². The molecule has 0 aromatic rings. The number of hydrogen-bond donors (Lipinski definition) is 0. The Kier molecular flexibility index (Phi) is 4.67. The fourth-order valence-corrected chi connectivity index (χ4v) is 0.388. The van der Waals surface area contributed by atoms with Gasteiger partial charge in [0, 0.05) is 6.42 Å². The minimum Gasteiger partial charge on any atom is -0.637 e. The first-order chi connectivity index (χ1) is 2.89. The molecule has 1 fully saturated rings. The fraction of sp³-hybridized carbons (Fsp3) is 0.500. The van der Waals surface area contributed by atoms with E-state index < -0.39 is 0 Å². The zero-order chi connectivity index (χ0) is 4.41. The van der Waals surface area contributed by atoms with Crippen LogP contribution < -0.4 is 51.4 Å². The van der Waals surface area contributed by atoms with Gasteiger partial charge in [-0.2, -0.15) is 6.61 Å². The summed E-state index contributed by atoms with van der Waals surface area (Å²) in [5, 5.41) is 0. The first kappa shape index (κ1) is 8.11. The molecular formula is C4H5KO2. The third-order valence-electron chi connectivity index (χ3n) is 0.681. The second-order valence-corrected chi connectivity index (χ2v) is 1.20. The quantitative estimate of drug-likeness (QED) is 0.202. The number of hydrogen-bond acceptors (Lipinski definition) is 2. The molecule has 3 heteroatoms. The van der Waals surface area contributed by atoms with Gasteiger partial charge in [0.15, 0.2) is 0 Å². The minimum absolute atomic E-state index is 0. The molecule has 7 heavy (non-hydrogen) atoms. The number of rotatable bonds is 0. The van der Waals surface area contributed by atoms with Gasteiger partial charge in [-0.1, -0.05) is 0 Å². The first-order valence-corrected chi connectivity index (χ1v) is 1.91. The standard InChI is InChI=1S/C4H5O2.K/c5-4-2-1-3-6-4;/h3H,1-2H2;/q-1;+1. The largest absolute Gasteiger partial charge is 1.00 e. The van der Waals surface area contributed by atoms with Gasteiger partial charge < -0.3 is 4.74 Å². The molecular weight excluding hydrogens is 119 g/mol. The first-order valence-electron chi connectivity index (χ1n) is 1.91. The van der Waals surface area contributed by atoms with Crippen LogP contribution in [0.5, 0.6) is 0 Å². The third-order valence-corrected chi connectivity index (χ3v) is 0.681. The predicted molar refractivity (Wildman–Crippen MR) is 19.6 cm³/mol. The van der Waals surface area contributed by atoms with Crippen LogP contribution >= 0.6 is 0 Å². The Hall–Kier alpha value is 1.11. The van der Waals surface area contributed by atoms with Crippen molar-refractivity contribution >= 4 is 5.97 Å². The zero-order valence-electron chi connectivity index (χ0n) is 4.31. The average molecular weight is 124 g/mol. The maximum atomic E-state index is 9.99. The molecule has 0 N–H and O–H groups in total. The number of esters is 1. The Labute approximate surface area is 85.0 Å². The van der Waals surface area contributed by atoms with E-state index in [9.17, 15) is 4.79 Å². The Bertz CT molecular complexity index is 64.1. The summed E-state index contributed by atoms with van der Waals surface area (Å²) >= 11 is 0. The van der Waals surface area contributed by atoms with E-state index in [4.69, 9.17) is 0 Å². The van der Waals surface area contributed by atoms with Crippen LogP contribution in [0.3, 0.4) is 0 Å². The molecule has 0 spiro atoms. The Morgan fingerprint density at radius 2 is 2.43 bits per heavy atom. The van der Waals surface area contributed by atoms with Crippen LogP contribution in [-0.4, -0.2) is 5.97 Å². The summed E-state index contributed by atoms with van der Waals surface area (Å²) < 4.78 is 4.39. The summed E-state index contributed by atoms with van der Waals surface area (Å²) in [6.07, 6.45) is 1.36. The van der Waals surface area contributed by atoms with Crippen molar-refractivity contribution < 1.29 is 60.9 Å². The second kappa shape index (κ2) is 4.03. The van der Waals surface area contributed by atoms with Crippen LogP contribution in [0.2, 0.25) is 0 Å². The zero-order valence-corrected chi connectivity index (χ0v) is 7.43. The SMILES string of the molecule is O=C1CC[CH-]O1.[K+]. The number of carbonyl (C=O) groups is 1. The molecule has 0 aliphatic carbocycles. The monoisotopic (exact) mass is 124 g/mol. The molecule has 1 aliphatic heterocycles. The van der Waals surface area contributed by atoms with Gasteiger partial charge in [0.1, 0.15) is 0 Å². The van der Waals surface area contributed by atoms with Crippen molar-refractivity contribution in [3.63, 3.8) is 0 Å². The molecule has 1 saturated heterocycles. The van der Waals surface area contributed by atoms with E-state index in [-0.39, 0.29) is 57.4 Å². The van der Waals surface area contributed by atoms with Gasteiger partial charge in [0.05, 0.1) is 0 Å². The van der Waals surface area contributed by atoms with Crippen molar-refractivity contribution in [3.05, 3.63) is 6.61 Å². The Balaban J connectivity index is 0.000000360. The topological polar surface area (TPSA) is 26.3 Å². The summed E-state index contributed by atoms with van der Waals surface area (Å²) in [4.78, 5) is 9.99. The number of carbonyl (C=O) groups excluding carboxylic acids is 1. The molecule has 0 unspecified atom stereocenters. The molecule has 0 amide bonds. The summed E-state index contributed by atoms with van der Waals surface area (Å²) in [5.41, 5.74) is 0. The number of ether oxygens (including phenoxy) is 1. The van der Waals surface area contributed by atoms with Crippen LogP contribution in [0.1, 0.15) is 12.8 Å². The molecule has 1 heterocycles. The third kappa shape index (κ3) is 2.82. The van der Waals surface area contributed by atoms with Crippen LogP contribution in [0, 0.1) is 6.61 Å². The van der Waals surface area contributed by atoms with E-state index in [0.717, 1.165) is 6.42 Å². The molecule has 0 bridgehead atoms. The van der Waals surface area contributed by atoms with Gasteiger partial charge in [-0.25, -0.2) is 0 Å². The molecule has 0 saturated carbocycles. The number of cyclic esters (lactones) is 1. The molecule has 0 aromatic heterocycles. The van der Waals surface area contributed by atoms with E-state index in [1.165, 1.54) is 6.61 Å². The summed E-state index contributed by atoms with van der Waals surface area (Å²) in [6.45, 7) is 1.53. The Morgan fingerprint density at radius 3 is 2.57 bits per heavy atom. The second-order valence-electron chi connectivity index (χ2n) is 1.20. The summed E-state index contributed by atoms with van der Waals surface area (Å²) in [6, 6.07) is 0. The van der Waals surface area contributed by atoms with Gasteiger partial charge in [-0.15, -0.1) is 6.42 Å². The molecule has 34 valence electrons. The van der Waals surface area contributed by atoms with Crippen LogP contribution in [0.4, 0.5) is 0 Å². The minimum atomic E-state index is -0.102. The normalized spacial score (nSPS) is 18.0. The molecule has 2 nitrogen and oxygen atoms in total. The molecule has 0 radical (unpaired) electrons. The van der Waals surface area contributed by atoms with E-state index in [0.29, 0.717) is 6.42 Å². The molecule has 0 aromatic carbocycles.